The van der Waals surface area contributed by atoms with E-state index in [1.165, 1.54) is 0 Å². The van der Waals surface area contributed by atoms with Crippen molar-refractivity contribution in [2.24, 2.45) is 0 Å². The molecule has 0 saturated carbocycles. The van der Waals surface area contributed by atoms with Crippen molar-refractivity contribution >= 4 is 23.3 Å². The quantitative estimate of drug-likeness (QED) is 0.625. The fourth-order valence-electron chi connectivity index (χ4n) is 3.05. The average molecular weight is 421 g/mol. The molecule has 1 amide bonds. The molecule has 0 radical (unpaired) electrons. The summed E-state index contributed by atoms with van der Waals surface area (Å²) in [5.74, 6) is -1.67. The van der Waals surface area contributed by atoms with Gasteiger partial charge in [-0.25, -0.2) is 23.1 Å². The third-order valence-electron chi connectivity index (χ3n) is 4.51. The van der Waals surface area contributed by atoms with E-state index in [2.05, 4.69) is 5.10 Å². The molecule has 1 heterocycles. The first kappa shape index (κ1) is 20.7. The fourth-order valence-corrected chi connectivity index (χ4v) is 3.35. The molecular weight excluding hydrogens is 402 g/mol. The molecule has 1 aromatic heterocycles. The van der Waals surface area contributed by atoms with Gasteiger partial charge in [-0.15, -0.1) is 0 Å². The van der Waals surface area contributed by atoms with E-state index in [1.54, 1.807) is 45.0 Å². The zero-order chi connectivity index (χ0) is 21.3. The van der Waals surface area contributed by atoms with Crippen LogP contribution in [0.2, 0.25) is 5.02 Å². The van der Waals surface area contributed by atoms with Crippen molar-refractivity contribution in [2.75, 3.05) is 4.90 Å². The van der Waals surface area contributed by atoms with Crippen molar-refractivity contribution < 1.29 is 13.6 Å². The van der Waals surface area contributed by atoms with Gasteiger partial charge >= 0.3 is 11.7 Å². The zero-order valence-electron chi connectivity index (χ0n) is 16.0. The van der Waals surface area contributed by atoms with Crippen LogP contribution in [0.15, 0.2) is 53.6 Å². The first-order chi connectivity index (χ1) is 13.7. The largest absolute Gasteiger partial charge is 0.354 e. The van der Waals surface area contributed by atoms with Crippen LogP contribution < -0.4 is 10.6 Å². The van der Waals surface area contributed by atoms with Crippen LogP contribution in [0.5, 0.6) is 0 Å². The molecule has 1 unspecified atom stereocenters. The minimum absolute atomic E-state index is 0.134. The van der Waals surface area contributed by atoms with Crippen LogP contribution in [-0.4, -0.2) is 26.4 Å². The highest BCUT2D eigenvalue weighted by molar-refractivity contribution is 6.31. The summed E-state index contributed by atoms with van der Waals surface area (Å²) in [5.41, 5.74) is -0.167. The Morgan fingerprint density at radius 2 is 1.83 bits per heavy atom. The molecule has 0 bridgehead atoms. The second-order valence-electron chi connectivity index (χ2n) is 6.77. The van der Waals surface area contributed by atoms with Gasteiger partial charge in [0.25, 0.3) is 0 Å². The summed E-state index contributed by atoms with van der Waals surface area (Å²) in [6.07, 6.45) is 1.08. The molecule has 9 heteroatoms. The molecule has 3 aromatic rings. The lowest BCUT2D eigenvalue weighted by molar-refractivity contribution is 0.245. The number of carbonyl (C=O) groups excluding carboxylic acids is 1. The van der Waals surface area contributed by atoms with Gasteiger partial charge in [-0.2, -0.15) is 9.67 Å². The van der Waals surface area contributed by atoms with Crippen LogP contribution >= 0.6 is 11.6 Å². The van der Waals surface area contributed by atoms with Gasteiger partial charge in [0.15, 0.2) is 0 Å². The number of carbonyl (C=O) groups is 1. The number of anilines is 1. The molecule has 0 aliphatic rings. The number of halogens is 3. The van der Waals surface area contributed by atoms with Crippen LogP contribution in [0, 0.1) is 11.6 Å². The first-order valence-corrected chi connectivity index (χ1v) is 9.29. The number of amides is 1. The Morgan fingerprint density at radius 1 is 1.14 bits per heavy atom. The van der Waals surface area contributed by atoms with Gasteiger partial charge in [0.2, 0.25) is 0 Å². The maximum absolute atomic E-state index is 14.3. The molecule has 3 rings (SSSR count). The minimum Gasteiger partial charge on any atom is -0.288 e. The summed E-state index contributed by atoms with van der Waals surface area (Å²) in [4.78, 5) is 27.0. The molecule has 0 fully saturated rings. The van der Waals surface area contributed by atoms with E-state index in [0.717, 1.165) is 32.6 Å². The van der Waals surface area contributed by atoms with Crippen molar-refractivity contribution in [3.63, 3.8) is 0 Å². The third kappa shape index (κ3) is 3.93. The van der Waals surface area contributed by atoms with Crippen molar-refractivity contribution in [1.29, 1.82) is 0 Å². The van der Waals surface area contributed by atoms with Gasteiger partial charge in [0, 0.05) is 17.1 Å². The van der Waals surface area contributed by atoms with Crippen LogP contribution in [0.3, 0.4) is 0 Å². The van der Waals surface area contributed by atoms with Gasteiger partial charge in [0.05, 0.1) is 11.7 Å². The number of aromatic nitrogens is 3. The Kier molecular flexibility index (Phi) is 5.83. The fraction of sp³-hybridized carbons (Fsp3) is 0.250. The van der Waals surface area contributed by atoms with E-state index in [9.17, 15) is 18.4 Å². The zero-order valence-corrected chi connectivity index (χ0v) is 16.8. The number of hydrogen-bond donors (Lipinski definition) is 0. The topological polar surface area (TPSA) is 60.1 Å². The maximum atomic E-state index is 14.3. The number of hydrogen-bond acceptors (Lipinski definition) is 3. The van der Waals surface area contributed by atoms with E-state index >= 15 is 0 Å². The molecule has 29 heavy (non-hydrogen) atoms. The molecule has 0 aliphatic heterocycles. The molecule has 2 aromatic carbocycles. The molecule has 152 valence electrons. The van der Waals surface area contributed by atoms with Gasteiger partial charge < -0.3 is 0 Å². The van der Waals surface area contributed by atoms with Crippen molar-refractivity contribution in [3.8, 4) is 0 Å². The first-order valence-electron chi connectivity index (χ1n) is 8.91. The van der Waals surface area contributed by atoms with Gasteiger partial charge in [-0.3, -0.25) is 4.90 Å². The summed E-state index contributed by atoms with van der Waals surface area (Å²) in [6.45, 7) is 5.04. The minimum atomic E-state index is -0.906. The summed E-state index contributed by atoms with van der Waals surface area (Å²) in [5, 5.41) is 4.50. The molecule has 0 saturated heterocycles. The Labute approximate surface area is 170 Å². The highest BCUT2D eigenvalue weighted by atomic mass is 35.5. The third-order valence-corrected chi connectivity index (χ3v) is 4.86. The van der Waals surface area contributed by atoms with Gasteiger partial charge in [0.1, 0.15) is 18.0 Å². The maximum Gasteiger partial charge on any atom is 0.354 e. The molecule has 6 nitrogen and oxygen atoms in total. The lowest BCUT2D eigenvalue weighted by Crippen LogP contribution is -2.44. The van der Waals surface area contributed by atoms with E-state index in [4.69, 9.17) is 11.6 Å². The lowest BCUT2D eigenvalue weighted by Gasteiger charge is -2.26. The van der Waals surface area contributed by atoms with Crippen LogP contribution in [0.25, 0.3) is 0 Å². The van der Waals surface area contributed by atoms with Crippen molar-refractivity contribution in [1.82, 2.24) is 14.3 Å². The van der Waals surface area contributed by atoms with Crippen LogP contribution in [0.4, 0.5) is 19.3 Å². The molecule has 0 spiro atoms. The number of benzene rings is 2. The lowest BCUT2D eigenvalue weighted by atomic mass is 10.1. The van der Waals surface area contributed by atoms with Crippen molar-refractivity contribution in [2.45, 2.75) is 32.9 Å². The van der Waals surface area contributed by atoms with Gasteiger partial charge in [-0.1, -0.05) is 29.8 Å². The van der Waals surface area contributed by atoms with Gasteiger partial charge in [-0.05, 0) is 44.5 Å². The highest BCUT2D eigenvalue weighted by Crippen LogP contribution is 2.25. The normalized spacial score (nSPS) is 12.2. The Bertz CT molecular complexity index is 1110. The SMILES string of the molecule is CC(C)N(C(=O)n1cnn(C(C)c2ccccc2Cl)c1=O)c1ccc(F)cc1F. The molecular formula is C20H19ClF2N4O2. The monoisotopic (exact) mass is 420 g/mol. The molecule has 0 N–H and O–H groups in total. The second-order valence-corrected chi connectivity index (χ2v) is 7.17. The molecule has 0 aliphatic carbocycles. The van der Waals surface area contributed by atoms with Crippen LogP contribution in [-0.2, 0) is 0 Å². The smallest absolute Gasteiger partial charge is 0.288 e. The van der Waals surface area contributed by atoms with E-state index in [1.807, 2.05) is 0 Å². The van der Waals surface area contributed by atoms with Crippen molar-refractivity contribution in [3.05, 3.63) is 81.5 Å². The van der Waals surface area contributed by atoms with Crippen LogP contribution in [0.1, 0.15) is 32.4 Å². The Balaban J connectivity index is 2.01. The summed E-state index contributed by atoms with van der Waals surface area (Å²) < 4.78 is 29.5. The predicted octanol–water partition coefficient (Wildman–Crippen LogP) is 4.47. The summed E-state index contributed by atoms with van der Waals surface area (Å²) in [7, 11) is 0. The summed E-state index contributed by atoms with van der Waals surface area (Å²) >= 11 is 6.20. The van der Waals surface area contributed by atoms with E-state index < -0.39 is 35.4 Å². The predicted molar refractivity (Wildman–Crippen MR) is 107 cm³/mol. The summed E-state index contributed by atoms with van der Waals surface area (Å²) in [6, 6.07) is 8.06. The highest BCUT2D eigenvalue weighted by Gasteiger charge is 2.27. The Morgan fingerprint density at radius 3 is 2.45 bits per heavy atom. The van der Waals surface area contributed by atoms with E-state index in [0.29, 0.717) is 16.7 Å². The Hall–Kier alpha value is -3.00. The average Bonchev–Trinajstić information content (AvgIpc) is 3.04. The second kappa shape index (κ2) is 8.16. The standard InChI is InChI=1S/C20H19ClF2N4O2/c1-12(2)26(18-9-8-14(22)10-17(18)23)19(28)25-11-24-27(20(25)29)13(3)15-6-4-5-7-16(15)21/h4-13H,1-3H3. The molecule has 1 atom stereocenters. The number of rotatable bonds is 4. The van der Waals surface area contributed by atoms with E-state index in [-0.39, 0.29) is 5.69 Å². The number of nitrogens with zero attached hydrogens (tertiary/aromatic N) is 4.